The molecule has 0 aromatic heterocycles. The normalized spacial score (nSPS) is 21.3. The summed E-state index contributed by atoms with van der Waals surface area (Å²) in [5.41, 5.74) is 1.67. The van der Waals surface area contributed by atoms with Crippen molar-refractivity contribution >= 4 is 17.9 Å². The Kier molecular flexibility index (Phi) is 7.01. The van der Waals surface area contributed by atoms with E-state index in [-0.39, 0.29) is 23.9 Å². The van der Waals surface area contributed by atoms with Crippen LogP contribution in [0.5, 0.6) is 0 Å². The smallest absolute Gasteiger partial charge is 0.250 e. The minimum Gasteiger partial charge on any atom is -0.350 e. The lowest BCUT2D eigenvalue weighted by Gasteiger charge is -2.41. The number of hydrogen-bond donors (Lipinski definition) is 1. The summed E-state index contributed by atoms with van der Waals surface area (Å²) in [5.74, 6) is 0.764. The van der Waals surface area contributed by atoms with Gasteiger partial charge in [0.25, 0.3) is 0 Å². The second kappa shape index (κ2) is 9.02. The van der Waals surface area contributed by atoms with Gasteiger partial charge in [0, 0.05) is 18.2 Å². The molecule has 2 atom stereocenters. The predicted octanol–water partition coefficient (Wildman–Crippen LogP) is 3.88. The molecule has 0 saturated carbocycles. The first-order valence-corrected chi connectivity index (χ1v) is 9.62. The Balaban J connectivity index is 2.24. The maximum absolute atomic E-state index is 13.1. The second-order valence-electron chi connectivity index (χ2n) is 8.18. The molecule has 4 nitrogen and oxygen atoms in total. The van der Waals surface area contributed by atoms with Crippen LogP contribution in [0.3, 0.4) is 0 Å². The molecule has 1 aliphatic rings. The van der Waals surface area contributed by atoms with Crippen molar-refractivity contribution in [2.75, 3.05) is 6.54 Å². The van der Waals surface area contributed by atoms with Gasteiger partial charge in [-0.15, -0.1) is 0 Å². The zero-order valence-corrected chi connectivity index (χ0v) is 16.7. The first kappa shape index (κ1) is 20.2. The van der Waals surface area contributed by atoms with Gasteiger partial charge in [0.1, 0.15) is 6.04 Å². The lowest BCUT2D eigenvalue weighted by atomic mass is 9.94. The number of carbonyl (C=O) groups is 2. The minimum absolute atomic E-state index is 0.0172. The average molecular weight is 357 g/mol. The van der Waals surface area contributed by atoms with Gasteiger partial charge in [-0.25, -0.2) is 0 Å². The van der Waals surface area contributed by atoms with Gasteiger partial charge < -0.3 is 10.2 Å². The van der Waals surface area contributed by atoms with Gasteiger partial charge in [0.2, 0.25) is 11.8 Å². The van der Waals surface area contributed by atoms with Crippen LogP contribution in [0.15, 0.2) is 35.9 Å². The van der Waals surface area contributed by atoms with E-state index in [9.17, 15) is 9.59 Å². The zero-order valence-electron chi connectivity index (χ0n) is 16.7. The summed E-state index contributed by atoms with van der Waals surface area (Å²) in [6, 6.07) is 9.47. The van der Waals surface area contributed by atoms with Crippen LogP contribution in [0, 0.1) is 11.8 Å². The Hall–Kier alpha value is -2.10. The Bertz CT molecular complexity index is 649. The maximum atomic E-state index is 13.1. The van der Waals surface area contributed by atoms with Gasteiger partial charge in [0.15, 0.2) is 0 Å². The van der Waals surface area contributed by atoms with E-state index in [1.165, 1.54) is 0 Å². The molecule has 1 fully saturated rings. The Morgan fingerprint density at radius 1 is 1.15 bits per heavy atom. The Morgan fingerprint density at radius 3 is 2.35 bits per heavy atom. The van der Waals surface area contributed by atoms with Crippen molar-refractivity contribution in [3.05, 3.63) is 41.5 Å². The van der Waals surface area contributed by atoms with Gasteiger partial charge in [-0.05, 0) is 43.2 Å². The van der Waals surface area contributed by atoms with Crippen molar-refractivity contribution in [2.24, 2.45) is 11.8 Å². The van der Waals surface area contributed by atoms with Gasteiger partial charge in [-0.2, -0.15) is 0 Å². The first-order chi connectivity index (χ1) is 12.3. The highest BCUT2D eigenvalue weighted by Crippen LogP contribution is 2.22. The van der Waals surface area contributed by atoms with E-state index >= 15 is 0 Å². The summed E-state index contributed by atoms with van der Waals surface area (Å²) in [7, 11) is 0. The van der Waals surface area contributed by atoms with Crippen LogP contribution in [-0.2, 0) is 9.59 Å². The lowest BCUT2D eigenvalue weighted by molar-refractivity contribution is -0.143. The van der Waals surface area contributed by atoms with Crippen molar-refractivity contribution in [3.8, 4) is 0 Å². The summed E-state index contributed by atoms with van der Waals surface area (Å²) < 4.78 is 0. The van der Waals surface area contributed by atoms with Gasteiger partial charge >= 0.3 is 0 Å². The van der Waals surface area contributed by atoms with E-state index in [1.54, 1.807) is 4.90 Å². The summed E-state index contributed by atoms with van der Waals surface area (Å²) in [4.78, 5) is 27.6. The number of piperazine rings is 1. The molecule has 1 saturated heterocycles. The molecule has 1 N–H and O–H groups in total. The Morgan fingerprint density at radius 2 is 1.77 bits per heavy atom. The highest BCUT2D eigenvalue weighted by molar-refractivity contribution is 6.00. The maximum Gasteiger partial charge on any atom is 0.250 e. The molecule has 4 heteroatoms. The first-order valence-electron chi connectivity index (χ1n) is 9.62. The standard InChI is InChI=1S/C22H32N2O2/c1-15(2)11-19-14-24(20(12-16(3)4)21(25)23-19)22(26)17(5)13-18-9-7-6-8-10-18/h6-10,13,15-16,19-20H,11-12,14H2,1-5H3,(H,23,25)/b17-13+/t19-,20-/m0/s1. The summed E-state index contributed by atoms with van der Waals surface area (Å²) in [6.07, 6.45) is 3.47. The molecule has 0 radical (unpaired) electrons. The largest absolute Gasteiger partial charge is 0.350 e. The molecule has 1 heterocycles. The van der Waals surface area contributed by atoms with Gasteiger partial charge in [-0.1, -0.05) is 58.0 Å². The number of amides is 2. The van der Waals surface area contributed by atoms with E-state index in [1.807, 2.05) is 43.3 Å². The highest BCUT2D eigenvalue weighted by Gasteiger charge is 2.37. The monoisotopic (exact) mass is 356 g/mol. The number of benzene rings is 1. The summed E-state index contributed by atoms with van der Waals surface area (Å²) >= 11 is 0. The molecule has 0 spiro atoms. The zero-order chi connectivity index (χ0) is 19.3. The number of carbonyl (C=O) groups excluding carboxylic acids is 2. The molecular weight excluding hydrogens is 324 g/mol. The van der Waals surface area contributed by atoms with E-state index < -0.39 is 0 Å². The number of rotatable bonds is 6. The molecule has 26 heavy (non-hydrogen) atoms. The topological polar surface area (TPSA) is 49.4 Å². The van der Waals surface area contributed by atoms with Gasteiger partial charge in [-0.3, -0.25) is 9.59 Å². The van der Waals surface area contributed by atoms with Crippen molar-refractivity contribution < 1.29 is 9.59 Å². The Labute approximate surface area is 157 Å². The van der Waals surface area contributed by atoms with Crippen LogP contribution in [0.4, 0.5) is 0 Å². The van der Waals surface area contributed by atoms with Crippen molar-refractivity contribution in [1.82, 2.24) is 10.2 Å². The van der Waals surface area contributed by atoms with Crippen molar-refractivity contribution in [2.45, 2.75) is 59.5 Å². The van der Waals surface area contributed by atoms with E-state index in [4.69, 9.17) is 0 Å². The molecule has 1 aromatic carbocycles. The van der Waals surface area contributed by atoms with Gasteiger partial charge in [0.05, 0.1) is 0 Å². The number of hydrogen-bond acceptors (Lipinski definition) is 2. The van der Waals surface area contributed by atoms with Crippen molar-refractivity contribution in [3.63, 3.8) is 0 Å². The quantitative estimate of drug-likeness (QED) is 0.787. The SMILES string of the molecule is C/C(=C\c1ccccc1)C(=O)N1C[C@H](CC(C)C)NC(=O)[C@@H]1CC(C)C. The van der Waals surface area contributed by atoms with E-state index in [2.05, 4.69) is 33.0 Å². The molecule has 142 valence electrons. The van der Waals surface area contributed by atoms with Crippen LogP contribution in [0.25, 0.3) is 6.08 Å². The predicted molar refractivity (Wildman–Crippen MR) is 106 cm³/mol. The second-order valence-corrected chi connectivity index (χ2v) is 8.18. The average Bonchev–Trinajstić information content (AvgIpc) is 2.56. The molecular formula is C22H32N2O2. The molecule has 0 unspecified atom stereocenters. The minimum atomic E-state index is -0.384. The van der Waals surface area contributed by atoms with Crippen LogP contribution >= 0.6 is 0 Å². The molecule has 0 aliphatic carbocycles. The lowest BCUT2D eigenvalue weighted by Crippen LogP contribution is -2.62. The third-order valence-corrected chi connectivity index (χ3v) is 4.67. The fourth-order valence-electron chi connectivity index (χ4n) is 3.54. The molecule has 1 aromatic rings. The van der Waals surface area contributed by atoms with Crippen LogP contribution in [-0.4, -0.2) is 35.3 Å². The molecule has 2 rings (SSSR count). The third-order valence-electron chi connectivity index (χ3n) is 4.67. The van der Waals surface area contributed by atoms with Crippen LogP contribution < -0.4 is 5.32 Å². The molecule has 1 aliphatic heterocycles. The number of nitrogens with one attached hydrogen (secondary N) is 1. The van der Waals surface area contributed by atoms with Crippen LogP contribution in [0.2, 0.25) is 0 Å². The van der Waals surface area contributed by atoms with Crippen LogP contribution in [0.1, 0.15) is 53.0 Å². The summed E-state index contributed by atoms with van der Waals surface area (Å²) in [5, 5.41) is 3.12. The van der Waals surface area contributed by atoms with Crippen molar-refractivity contribution in [1.29, 1.82) is 0 Å². The van der Waals surface area contributed by atoms with E-state index in [0.29, 0.717) is 30.4 Å². The fourth-order valence-corrected chi connectivity index (χ4v) is 3.54. The highest BCUT2D eigenvalue weighted by atomic mass is 16.2. The third kappa shape index (κ3) is 5.45. The fraction of sp³-hybridized carbons (Fsp3) is 0.545. The van der Waals surface area contributed by atoms with E-state index in [0.717, 1.165) is 12.0 Å². The molecule has 0 bridgehead atoms. The summed E-state index contributed by atoms with van der Waals surface area (Å²) in [6.45, 7) is 10.9. The number of nitrogens with zero attached hydrogens (tertiary/aromatic N) is 1. The molecule has 2 amide bonds.